The lowest BCUT2D eigenvalue weighted by molar-refractivity contribution is -0.131. The van der Waals surface area contributed by atoms with Crippen molar-refractivity contribution >= 4 is 40.9 Å². The van der Waals surface area contributed by atoms with Crippen molar-refractivity contribution in [2.24, 2.45) is 5.92 Å². The van der Waals surface area contributed by atoms with Gasteiger partial charge in [0.1, 0.15) is 5.75 Å². The fraction of sp³-hybridized carbons (Fsp3) is 0.348. The summed E-state index contributed by atoms with van der Waals surface area (Å²) in [4.78, 5) is 15.2. The summed E-state index contributed by atoms with van der Waals surface area (Å²) >= 11 is 3.41. The molecule has 0 aliphatic carbocycles. The number of anilines is 2. The summed E-state index contributed by atoms with van der Waals surface area (Å²) in [5, 5.41) is 8.75. The molecule has 0 radical (unpaired) electrons. The van der Waals surface area contributed by atoms with Crippen molar-refractivity contribution in [1.29, 1.82) is 0 Å². The Morgan fingerprint density at radius 1 is 1.31 bits per heavy atom. The maximum absolute atomic E-state index is 10.7. The highest BCUT2D eigenvalue weighted by atomic mass is 32.2. The van der Waals surface area contributed by atoms with Gasteiger partial charge in [-0.2, -0.15) is 0 Å². The number of nitrogens with zero attached hydrogens (tertiary/aromatic N) is 1. The van der Waals surface area contributed by atoms with E-state index in [-0.39, 0.29) is 0 Å². The second-order valence-electron chi connectivity index (χ2n) is 6.80. The predicted octanol–water partition coefficient (Wildman–Crippen LogP) is 6.68. The Hall–Kier alpha value is -2.05. The molecule has 2 aromatic carbocycles. The van der Waals surface area contributed by atoms with Crippen LogP contribution >= 0.6 is 23.5 Å². The molecule has 1 aliphatic heterocycles. The predicted molar refractivity (Wildman–Crippen MR) is 125 cm³/mol. The lowest BCUT2D eigenvalue weighted by atomic mass is 10.1. The average Bonchev–Trinajstić information content (AvgIpc) is 2.87. The molecule has 0 saturated carbocycles. The molecule has 1 unspecified atom stereocenters. The van der Waals surface area contributed by atoms with Crippen molar-refractivity contribution in [3.05, 3.63) is 54.8 Å². The Morgan fingerprint density at radius 2 is 2.00 bits per heavy atom. The zero-order chi connectivity index (χ0) is 21.2. The van der Waals surface area contributed by atoms with Crippen LogP contribution in [0.25, 0.3) is 0 Å². The van der Waals surface area contributed by atoms with Crippen LogP contribution in [0.4, 0.5) is 11.4 Å². The number of hydrogen-bond donors (Lipinski definition) is 1. The third-order valence-corrected chi connectivity index (χ3v) is 6.16. The second kappa shape index (κ2) is 11.8. The first-order chi connectivity index (χ1) is 14.0. The molecule has 1 N–H and O–H groups in total. The molecular formula is C23H29NO3S2. The Bertz CT molecular complexity index is 824. The molecular weight excluding hydrogens is 402 g/mol. The number of hydrogen-bond acceptors (Lipinski definition) is 5. The number of carbonyl (C=O) groups is 1. The number of rotatable bonds is 5. The average molecular weight is 432 g/mol. The van der Waals surface area contributed by atoms with E-state index in [1.807, 2.05) is 30.2 Å². The monoisotopic (exact) mass is 431 g/mol. The topological polar surface area (TPSA) is 49.8 Å². The number of benzene rings is 2. The summed E-state index contributed by atoms with van der Waals surface area (Å²) in [7, 11) is 0. The van der Waals surface area contributed by atoms with Crippen molar-refractivity contribution in [3.8, 4) is 5.75 Å². The maximum Gasteiger partial charge on any atom is 0.331 e. The quantitative estimate of drug-likeness (QED) is 0.324. The highest BCUT2D eigenvalue weighted by molar-refractivity contribution is 7.99. The van der Waals surface area contributed by atoms with E-state index in [9.17, 15) is 4.79 Å². The van der Waals surface area contributed by atoms with Crippen molar-refractivity contribution < 1.29 is 14.6 Å². The van der Waals surface area contributed by atoms with E-state index in [1.165, 1.54) is 24.1 Å². The molecule has 156 valence electrons. The van der Waals surface area contributed by atoms with Crippen molar-refractivity contribution in [2.45, 2.75) is 37.0 Å². The van der Waals surface area contributed by atoms with Gasteiger partial charge in [0.15, 0.2) is 0 Å². The van der Waals surface area contributed by atoms with Gasteiger partial charge >= 0.3 is 5.97 Å². The lowest BCUT2D eigenvalue weighted by Gasteiger charge is -2.27. The first kappa shape index (κ1) is 23.2. The van der Waals surface area contributed by atoms with Gasteiger partial charge in [0.05, 0.1) is 22.9 Å². The fourth-order valence-electron chi connectivity index (χ4n) is 2.82. The van der Waals surface area contributed by atoms with E-state index in [1.54, 1.807) is 11.8 Å². The van der Waals surface area contributed by atoms with Gasteiger partial charge in [0.2, 0.25) is 0 Å². The highest BCUT2D eigenvalue weighted by Gasteiger charge is 2.23. The zero-order valence-corrected chi connectivity index (χ0v) is 19.1. The van der Waals surface area contributed by atoms with Crippen LogP contribution < -0.4 is 9.64 Å². The molecule has 6 heteroatoms. The van der Waals surface area contributed by atoms with Crippen molar-refractivity contribution in [3.63, 3.8) is 0 Å². The number of carboxylic acids is 1. The summed E-state index contributed by atoms with van der Waals surface area (Å²) in [6.07, 6.45) is 5.47. The SMILES string of the molecule is CCC.CSc1cc2c(cc1O/C=C/C(=O)O)SCC(C)CN2c1ccccc1. The molecule has 0 spiro atoms. The molecule has 2 aromatic rings. The van der Waals surface area contributed by atoms with Gasteiger partial charge in [-0.05, 0) is 36.4 Å². The number of fused-ring (bicyclic) bond motifs is 1. The molecule has 1 aliphatic rings. The third kappa shape index (κ3) is 6.75. The number of ether oxygens (including phenoxy) is 1. The fourth-order valence-corrected chi connectivity index (χ4v) is 4.44. The molecule has 0 bridgehead atoms. The van der Waals surface area contributed by atoms with Crippen molar-refractivity contribution in [1.82, 2.24) is 0 Å². The Morgan fingerprint density at radius 3 is 2.62 bits per heavy atom. The van der Waals surface area contributed by atoms with Gasteiger partial charge in [-0.15, -0.1) is 23.5 Å². The van der Waals surface area contributed by atoms with Crippen LogP contribution in [0.15, 0.2) is 64.6 Å². The molecule has 0 saturated heterocycles. The van der Waals surface area contributed by atoms with Gasteiger partial charge in [-0.1, -0.05) is 45.4 Å². The minimum atomic E-state index is -1.02. The molecule has 0 fully saturated rings. The first-order valence-corrected chi connectivity index (χ1v) is 11.9. The van der Waals surface area contributed by atoms with Crippen LogP contribution in [0.2, 0.25) is 0 Å². The largest absolute Gasteiger partial charge is 0.478 e. The summed E-state index contributed by atoms with van der Waals surface area (Å²) in [6.45, 7) is 7.47. The zero-order valence-electron chi connectivity index (χ0n) is 17.4. The van der Waals surface area contributed by atoms with Gasteiger partial charge < -0.3 is 14.7 Å². The molecule has 1 atom stereocenters. The minimum absolute atomic E-state index is 0.543. The Balaban J connectivity index is 0.000000941. The van der Waals surface area contributed by atoms with Crippen LogP contribution in [-0.2, 0) is 4.79 Å². The molecule has 0 amide bonds. The van der Waals surface area contributed by atoms with Gasteiger partial charge in [0, 0.05) is 22.9 Å². The minimum Gasteiger partial charge on any atom is -0.478 e. The van der Waals surface area contributed by atoms with E-state index in [0.717, 1.165) is 28.2 Å². The number of thioether (sulfide) groups is 2. The number of aliphatic carboxylic acids is 1. The van der Waals surface area contributed by atoms with Crippen LogP contribution in [0.1, 0.15) is 27.2 Å². The van der Waals surface area contributed by atoms with Gasteiger partial charge in [0.25, 0.3) is 0 Å². The maximum atomic E-state index is 10.7. The smallest absolute Gasteiger partial charge is 0.331 e. The van der Waals surface area contributed by atoms with Crippen LogP contribution in [0.3, 0.4) is 0 Å². The molecule has 0 aromatic heterocycles. The van der Waals surface area contributed by atoms with E-state index < -0.39 is 5.97 Å². The summed E-state index contributed by atoms with van der Waals surface area (Å²) in [5.74, 6) is 1.23. The lowest BCUT2D eigenvalue weighted by Crippen LogP contribution is -2.23. The Labute approximate surface area is 182 Å². The van der Waals surface area contributed by atoms with Crippen LogP contribution in [0.5, 0.6) is 5.75 Å². The Kier molecular flexibility index (Phi) is 9.48. The van der Waals surface area contributed by atoms with E-state index in [4.69, 9.17) is 9.84 Å². The summed E-state index contributed by atoms with van der Waals surface area (Å²) < 4.78 is 5.60. The highest BCUT2D eigenvalue weighted by Crippen LogP contribution is 2.44. The van der Waals surface area contributed by atoms with Gasteiger partial charge in [-0.3, -0.25) is 0 Å². The molecule has 3 rings (SSSR count). The number of para-hydroxylation sites is 1. The molecule has 1 heterocycles. The van der Waals surface area contributed by atoms with Crippen LogP contribution in [-0.4, -0.2) is 29.6 Å². The third-order valence-electron chi connectivity index (χ3n) is 4.03. The summed E-state index contributed by atoms with van der Waals surface area (Å²) in [6, 6.07) is 14.6. The van der Waals surface area contributed by atoms with E-state index in [0.29, 0.717) is 11.7 Å². The number of carboxylic acid groups (broad SMARTS) is 1. The first-order valence-electron chi connectivity index (χ1n) is 9.73. The van der Waals surface area contributed by atoms with E-state index >= 15 is 0 Å². The van der Waals surface area contributed by atoms with Gasteiger partial charge in [-0.25, -0.2) is 4.79 Å². The normalized spacial score (nSPS) is 15.9. The van der Waals surface area contributed by atoms with E-state index in [2.05, 4.69) is 56.0 Å². The molecule has 29 heavy (non-hydrogen) atoms. The molecule has 4 nitrogen and oxygen atoms in total. The standard InChI is InChI=1S/C20H21NO3S2.C3H8/c1-14-12-21(15-6-4-3-5-7-15)16-10-19(25-2)17(11-18(16)26-13-14)24-9-8-20(22)23;1-3-2/h3-11,14H,12-13H2,1-2H3,(H,22,23);3H2,1-2H3/b9-8+;. The summed E-state index contributed by atoms with van der Waals surface area (Å²) in [5.41, 5.74) is 2.35. The van der Waals surface area contributed by atoms with Crippen molar-refractivity contribution in [2.75, 3.05) is 23.5 Å². The second-order valence-corrected chi connectivity index (χ2v) is 8.71. The van der Waals surface area contributed by atoms with Crippen LogP contribution in [0, 0.1) is 5.92 Å².